The largest absolute Gasteiger partial charge is 0.495 e. The summed E-state index contributed by atoms with van der Waals surface area (Å²) in [7, 11) is -2.42. The van der Waals surface area contributed by atoms with Gasteiger partial charge in [-0.15, -0.1) is 0 Å². The molecule has 206 valence electrons. The number of unbranched alkanes of at least 4 members (excludes halogenated alkanes) is 1. The molecule has 1 aliphatic rings. The summed E-state index contributed by atoms with van der Waals surface area (Å²) < 4.78 is 38.9. The number of aryl methyl sites for hydroxylation is 1. The van der Waals surface area contributed by atoms with Crippen molar-refractivity contribution in [2.24, 2.45) is 0 Å². The van der Waals surface area contributed by atoms with Gasteiger partial charge in [-0.25, -0.2) is 0 Å². The van der Waals surface area contributed by atoms with Crippen LogP contribution in [-0.4, -0.2) is 44.7 Å². The Bertz CT molecular complexity index is 1510. The Morgan fingerprint density at radius 1 is 0.974 bits per heavy atom. The highest BCUT2D eigenvalue weighted by molar-refractivity contribution is 7.85. The normalized spacial score (nSPS) is 14.7. The lowest BCUT2D eigenvalue weighted by atomic mass is 9.82. The standard InChI is InChI=1S/C31H36N2O5S/c1-4-6-18-32(17-5-2)25-14-12-23(13-15-25)29-30(34)27(31(29)38-3)22-24-16-20-33(19-9-21-39(35,36)37)28-11-8-7-10-26(24)28/h7-8,10-16,20,22H,4-6,9,17-19,21H2,1-3H3/p+1. The number of allylic oxidation sites excluding steroid dienone is 2. The molecule has 1 aromatic heterocycles. The fraction of sp³-hybridized carbons (Fsp3) is 0.355. The Labute approximate surface area is 231 Å². The molecule has 0 spiro atoms. The maximum Gasteiger partial charge on any atom is 0.265 e. The molecule has 2 aromatic carbocycles. The Kier molecular flexibility index (Phi) is 9.20. The van der Waals surface area contributed by atoms with Gasteiger partial charge in [0.05, 0.1) is 29.4 Å². The van der Waals surface area contributed by atoms with E-state index in [1.807, 2.05) is 59.3 Å². The number of carbonyl (C=O) groups excluding carboxylic acids is 1. The van der Waals surface area contributed by atoms with Crippen molar-refractivity contribution >= 4 is 44.1 Å². The van der Waals surface area contributed by atoms with Crippen LogP contribution in [0.4, 0.5) is 5.69 Å². The van der Waals surface area contributed by atoms with E-state index < -0.39 is 10.1 Å². The van der Waals surface area contributed by atoms with Crippen LogP contribution in [0.5, 0.6) is 0 Å². The van der Waals surface area contributed by atoms with Crippen molar-refractivity contribution in [3.05, 3.63) is 83.3 Å². The minimum atomic E-state index is -4.01. The fourth-order valence-corrected chi connectivity index (χ4v) is 5.54. The van der Waals surface area contributed by atoms with E-state index in [0.29, 0.717) is 29.9 Å². The first kappa shape index (κ1) is 28.5. The van der Waals surface area contributed by atoms with Crippen LogP contribution < -0.4 is 9.47 Å². The van der Waals surface area contributed by atoms with Gasteiger partial charge in [0.2, 0.25) is 11.3 Å². The van der Waals surface area contributed by atoms with Crippen LogP contribution in [0.25, 0.3) is 22.6 Å². The van der Waals surface area contributed by atoms with Crippen molar-refractivity contribution < 1.29 is 27.1 Å². The van der Waals surface area contributed by atoms with Crippen LogP contribution in [0.1, 0.15) is 50.7 Å². The summed E-state index contributed by atoms with van der Waals surface area (Å²) in [6.45, 7) is 6.84. The summed E-state index contributed by atoms with van der Waals surface area (Å²) in [5, 5.41) is 0.934. The highest BCUT2D eigenvalue weighted by Gasteiger charge is 2.36. The number of carbonyl (C=O) groups is 1. The van der Waals surface area contributed by atoms with E-state index in [2.05, 4.69) is 30.9 Å². The number of para-hydroxylation sites is 1. The predicted molar refractivity (Wildman–Crippen MR) is 156 cm³/mol. The topological polar surface area (TPSA) is 87.8 Å². The van der Waals surface area contributed by atoms with Crippen LogP contribution >= 0.6 is 0 Å². The molecule has 1 heterocycles. The number of aromatic nitrogens is 1. The number of nitrogens with zero attached hydrogens (tertiary/aromatic N) is 2. The highest BCUT2D eigenvalue weighted by Crippen LogP contribution is 2.40. The van der Waals surface area contributed by atoms with Gasteiger partial charge in [-0.1, -0.05) is 44.5 Å². The molecular weight excluding hydrogens is 512 g/mol. The summed E-state index contributed by atoms with van der Waals surface area (Å²) >= 11 is 0. The maximum absolute atomic E-state index is 13.3. The number of Topliss-reactive ketones (excluding diaryl/α,β-unsaturated/α-hetero) is 1. The van der Waals surface area contributed by atoms with Crippen molar-refractivity contribution in [3.8, 4) is 0 Å². The van der Waals surface area contributed by atoms with Gasteiger partial charge in [0.25, 0.3) is 10.1 Å². The third kappa shape index (κ3) is 6.57. The van der Waals surface area contributed by atoms with E-state index in [4.69, 9.17) is 9.29 Å². The molecule has 0 saturated heterocycles. The Balaban J connectivity index is 1.62. The molecule has 0 unspecified atom stereocenters. The van der Waals surface area contributed by atoms with Gasteiger partial charge in [0, 0.05) is 37.3 Å². The van der Waals surface area contributed by atoms with Crippen molar-refractivity contribution in [2.45, 2.75) is 46.1 Å². The first-order valence-electron chi connectivity index (χ1n) is 13.5. The monoisotopic (exact) mass is 549 g/mol. The Hall–Kier alpha value is -3.49. The number of hydrogen-bond acceptors (Lipinski definition) is 5. The third-order valence-corrected chi connectivity index (χ3v) is 7.81. The van der Waals surface area contributed by atoms with Crippen LogP contribution in [0, 0.1) is 0 Å². The zero-order valence-electron chi connectivity index (χ0n) is 22.9. The van der Waals surface area contributed by atoms with E-state index in [9.17, 15) is 13.2 Å². The molecule has 8 heteroatoms. The number of methoxy groups -OCH3 is 1. The molecule has 0 amide bonds. The summed E-state index contributed by atoms with van der Waals surface area (Å²) in [4.78, 5) is 15.7. The second kappa shape index (κ2) is 12.6. The van der Waals surface area contributed by atoms with Gasteiger partial charge in [0.15, 0.2) is 6.20 Å². The number of hydrogen-bond donors (Lipinski definition) is 1. The summed E-state index contributed by atoms with van der Waals surface area (Å²) in [6, 6.07) is 17.9. The van der Waals surface area contributed by atoms with Gasteiger partial charge < -0.3 is 9.64 Å². The number of ether oxygens (including phenoxy) is 1. The molecule has 0 atom stereocenters. The molecule has 4 rings (SSSR count). The van der Waals surface area contributed by atoms with Crippen LogP contribution in [0.2, 0.25) is 0 Å². The zero-order valence-corrected chi connectivity index (χ0v) is 23.7. The SMILES string of the molecule is CCCCN(CCC)c1ccc(C2=C(OC)C(=Cc3cc[n+](CCCS(=O)(=O)O)c4ccccc34)C2=O)cc1. The van der Waals surface area contributed by atoms with Gasteiger partial charge >= 0.3 is 0 Å². The summed E-state index contributed by atoms with van der Waals surface area (Å²) in [6.07, 6.45) is 7.40. The van der Waals surface area contributed by atoms with Crippen molar-refractivity contribution in [3.63, 3.8) is 0 Å². The molecule has 0 fully saturated rings. The summed E-state index contributed by atoms with van der Waals surface area (Å²) in [5.41, 5.74) is 4.91. The second-order valence-corrected chi connectivity index (χ2v) is 11.4. The lowest BCUT2D eigenvalue weighted by Crippen LogP contribution is -2.35. The lowest BCUT2D eigenvalue weighted by molar-refractivity contribution is -0.671. The number of ketones is 1. The van der Waals surface area contributed by atoms with E-state index in [1.165, 1.54) is 0 Å². The highest BCUT2D eigenvalue weighted by atomic mass is 32.2. The van der Waals surface area contributed by atoms with E-state index in [1.54, 1.807) is 7.11 Å². The Morgan fingerprint density at radius 2 is 1.72 bits per heavy atom. The molecular formula is C31H37N2O5S+. The average molecular weight is 550 g/mol. The molecule has 1 aliphatic carbocycles. The molecule has 7 nitrogen and oxygen atoms in total. The minimum Gasteiger partial charge on any atom is -0.495 e. The minimum absolute atomic E-state index is 0.0510. The first-order valence-corrected chi connectivity index (χ1v) is 15.1. The number of rotatable bonds is 13. The molecule has 1 N–H and O–H groups in total. The van der Waals surface area contributed by atoms with Crippen LogP contribution in [-0.2, 0) is 26.2 Å². The quantitative estimate of drug-likeness (QED) is 0.173. The number of fused-ring (bicyclic) bond motifs is 1. The second-order valence-electron chi connectivity index (χ2n) is 9.80. The smallest absolute Gasteiger partial charge is 0.265 e. The molecule has 3 aromatic rings. The van der Waals surface area contributed by atoms with Gasteiger partial charge in [-0.2, -0.15) is 13.0 Å². The van der Waals surface area contributed by atoms with Gasteiger partial charge in [-0.05, 0) is 48.2 Å². The van der Waals surface area contributed by atoms with E-state index >= 15 is 0 Å². The van der Waals surface area contributed by atoms with Gasteiger partial charge in [0.1, 0.15) is 12.3 Å². The number of pyridine rings is 1. The van der Waals surface area contributed by atoms with E-state index in [-0.39, 0.29) is 11.5 Å². The first-order chi connectivity index (χ1) is 18.8. The third-order valence-electron chi connectivity index (χ3n) is 7.00. The summed E-state index contributed by atoms with van der Waals surface area (Å²) in [5.74, 6) is 0.235. The molecule has 0 aliphatic heterocycles. The maximum atomic E-state index is 13.3. The lowest BCUT2D eigenvalue weighted by Gasteiger charge is -2.27. The Morgan fingerprint density at radius 3 is 2.38 bits per heavy atom. The van der Waals surface area contributed by atoms with Gasteiger partial charge in [-0.3, -0.25) is 9.35 Å². The molecule has 39 heavy (non-hydrogen) atoms. The van der Waals surface area contributed by atoms with Crippen molar-refractivity contribution in [2.75, 3.05) is 30.9 Å². The predicted octanol–water partition coefficient (Wildman–Crippen LogP) is 5.45. The average Bonchev–Trinajstić information content (AvgIpc) is 2.92. The van der Waals surface area contributed by atoms with Crippen molar-refractivity contribution in [1.82, 2.24) is 0 Å². The number of anilines is 1. The van der Waals surface area contributed by atoms with Crippen LogP contribution in [0.15, 0.2) is 72.1 Å². The van der Waals surface area contributed by atoms with Crippen molar-refractivity contribution in [1.29, 1.82) is 0 Å². The fourth-order valence-electron chi connectivity index (χ4n) is 5.05. The molecule has 0 saturated carbocycles. The molecule has 0 radical (unpaired) electrons. The molecule has 0 bridgehead atoms. The zero-order chi connectivity index (χ0) is 28.0. The number of benzene rings is 2. The van der Waals surface area contributed by atoms with E-state index in [0.717, 1.165) is 60.1 Å². The van der Waals surface area contributed by atoms with Crippen LogP contribution in [0.3, 0.4) is 0 Å².